The first-order chi connectivity index (χ1) is 7.37. The molecular formula is C9H16O6Si. The molecule has 2 rings (SSSR count). The van der Waals surface area contributed by atoms with E-state index in [1.54, 1.807) is 6.92 Å². The van der Waals surface area contributed by atoms with Gasteiger partial charge in [0.15, 0.2) is 6.10 Å². The molecular weight excluding hydrogens is 232 g/mol. The van der Waals surface area contributed by atoms with Crippen molar-refractivity contribution in [3.8, 4) is 0 Å². The molecule has 0 saturated carbocycles. The molecule has 2 fully saturated rings. The summed E-state index contributed by atoms with van der Waals surface area (Å²) in [4.78, 5) is 11.0. The van der Waals surface area contributed by atoms with E-state index < -0.39 is 39.2 Å². The Kier molecular flexibility index (Phi) is 2.83. The molecule has 0 spiro atoms. The molecule has 0 amide bonds. The minimum absolute atomic E-state index is 0.0192. The predicted octanol–water partition coefficient (Wildman–Crippen LogP) is -0.0165. The van der Waals surface area contributed by atoms with Gasteiger partial charge in [0.2, 0.25) is 0 Å². The molecule has 0 aromatic carbocycles. The number of carbonyl (C=O) groups is 1. The standard InChI is InChI=1S/C9H16O6Si/c1-4(2)16-13-5(3)6(10)7(14-16)8(15-16)9(11)12/h4-8,10H,1-3H3,(H,11,12). The van der Waals surface area contributed by atoms with Crippen LogP contribution in [0.25, 0.3) is 0 Å². The molecule has 7 heteroatoms. The van der Waals surface area contributed by atoms with Crippen LogP contribution >= 0.6 is 0 Å². The topological polar surface area (TPSA) is 85.2 Å². The number of rotatable bonds is 2. The lowest BCUT2D eigenvalue weighted by molar-refractivity contribution is -0.149. The zero-order valence-corrected chi connectivity index (χ0v) is 10.4. The molecule has 5 atom stereocenters. The van der Waals surface area contributed by atoms with Crippen LogP contribution < -0.4 is 0 Å². The van der Waals surface area contributed by atoms with Gasteiger partial charge in [-0.3, -0.25) is 0 Å². The fourth-order valence-electron chi connectivity index (χ4n) is 2.02. The second-order valence-electron chi connectivity index (χ2n) is 4.53. The van der Waals surface area contributed by atoms with Crippen LogP contribution in [-0.2, 0) is 18.1 Å². The van der Waals surface area contributed by atoms with Crippen molar-refractivity contribution in [1.82, 2.24) is 0 Å². The van der Waals surface area contributed by atoms with E-state index in [2.05, 4.69) is 0 Å². The van der Waals surface area contributed by atoms with Crippen molar-refractivity contribution in [3.05, 3.63) is 0 Å². The second kappa shape index (κ2) is 3.78. The number of hydrogen-bond acceptors (Lipinski definition) is 5. The third kappa shape index (κ3) is 1.59. The molecule has 2 saturated heterocycles. The lowest BCUT2D eigenvalue weighted by Crippen LogP contribution is -2.56. The van der Waals surface area contributed by atoms with E-state index in [9.17, 15) is 9.90 Å². The van der Waals surface area contributed by atoms with Crippen LogP contribution in [-0.4, -0.2) is 49.4 Å². The first-order valence-corrected chi connectivity index (χ1v) is 7.12. The van der Waals surface area contributed by atoms with Gasteiger partial charge in [0.05, 0.1) is 6.10 Å². The number of aliphatic carboxylic acids is 1. The Morgan fingerprint density at radius 3 is 2.44 bits per heavy atom. The van der Waals surface area contributed by atoms with Crippen LogP contribution in [0.5, 0.6) is 0 Å². The third-order valence-electron chi connectivity index (χ3n) is 3.01. The second-order valence-corrected chi connectivity index (χ2v) is 7.60. The lowest BCUT2D eigenvalue weighted by atomic mass is 10.0. The summed E-state index contributed by atoms with van der Waals surface area (Å²) in [6, 6.07) is 0. The number of carboxylic acids is 1. The van der Waals surface area contributed by atoms with Gasteiger partial charge in [-0.05, 0) is 6.92 Å². The molecule has 2 aliphatic heterocycles. The van der Waals surface area contributed by atoms with Crippen molar-refractivity contribution in [3.63, 3.8) is 0 Å². The average Bonchev–Trinajstić information content (AvgIpc) is 2.52. The maximum atomic E-state index is 11.0. The van der Waals surface area contributed by atoms with Crippen molar-refractivity contribution >= 4 is 14.8 Å². The highest BCUT2D eigenvalue weighted by atomic mass is 28.4. The van der Waals surface area contributed by atoms with Gasteiger partial charge in [-0.2, -0.15) is 0 Å². The Balaban J connectivity index is 2.31. The molecule has 5 unspecified atom stereocenters. The van der Waals surface area contributed by atoms with Crippen molar-refractivity contribution in [2.24, 2.45) is 0 Å². The largest absolute Gasteiger partial charge is 0.505 e. The zero-order valence-electron chi connectivity index (χ0n) is 9.41. The summed E-state index contributed by atoms with van der Waals surface area (Å²) in [5, 5.41) is 18.8. The van der Waals surface area contributed by atoms with Gasteiger partial charge in [0, 0.05) is 5.54 Å². The Bertz CT molecular complexity index is 308. The number of hydrogen-bond donors (Lipinski definition) is 2. The average molecular weight is 248 g/mol. The summed E-state index contributed by atoms with van der Waals surface area (Å²) in [7, 11) is -2.93. The Labute approximate surface area is 94.5 Å². The third-order valence-corrected chi connectivity index (χ3v) is 6.31. The van der Waals surface area contributed by atoms with E-state index in [0.717, 1.165) is 0 Å². The summed E-state index contributed by atoms with van der Waals surface area (Å²) in [6.07, 6.45) is -3.33. The van der Waals surface area contributed by atoms with E-state index in [1.165, 1.54) is 0 Å². The van der Waals surface area contributed by atoms with Gasteiger partial charge in [0.1, 0.15) is 12.2 Å². The lowest BCUT2D eigenvalue weighted by Gasteiger charge is -2.37. The number of aliphatic hydroxyl groups is 1. The van der Waals surface area contributed by atoms with Crippen LogP contribution in [0.1, 0.15) is 20.8 Å². The van der Waals surface area contributed by atoms with Crippen LogP contribution in [0.4, 0.5) is 0 Å². The first-order valence-electron chi connectivity index (χ1n) is 5.31. The van der Waals surface area contributed by atoms with E-state index in [1.807, 2.05) is 13.8 Å². The molecule has 0 aromatic rings. The summed E-state index contributed by atoms with van der Waals surface area (Å²) in [6.45, 7) is 5.45. The fraction of sp³-hybridized carbons (Fsp3) is 0.889. The van der Waals surface area contributed by atoms with Crippen LogP contribution in [0.3, 0.4) is 0 Å². The molecule has 2 N–H and O–H groups in total. The van der Waals surface area contributed by atoms with Crippen molar-refractivity contribution in [1.29, 1.82) is 0 Å². The molecule has 6 nitrogen and oxygen atoms in total. The monoisotopic (exact) mass is 248 g/mol. The van der Waals surface area contributed by atoms with Gasteiger partial charge in [-0.15, -0.1) is 0 Å². The number of carboxylic acid groups (broad SMARTS) is 1. The van der Waals surface area contributed by atoms with Crippen LogP contribution in [0, 0.1) is 0 Å². The quantitative estimate of drug-likeness (QED) is 0.668. The van der Waals surface area contributed by atoms with Crippen LogP contribution in [0.15, 0.2) is 0 Å². The van der Waals surface area contributed by atoms with Crippen molar-refractivity contribution in [2.45, 2.75) is 50.7 Å². The van der Waals surface area contributed by atoms with Gasteiger partial charge in [0.25, 0.3) is 0 Å². The summed E-state index contributed by atoms with van der Waals surface area (Å²) in [5.41, 5.74) is -0.0192. The normalized spacial score (nSPS) is 47.3. The smallest absolute Gasteiger partial charge is 0.479 e. The summed E-state index contributed by atoms with van der Waals surface area (Å²) >= 11 is 0. The van der Waals surface area contributed by atoms with Gasteiger partial charge in [-0.25, -0.2) is 4.79 Å². The molecule has 2 aliphatic rings. The number of fused-ring (bicyclic) bond motifs is 2. The molecule has 2 bridgehead atoms. The molecule has 0 radical (unpaired) electrons. The minimum Gasteiger partial charge on any atom is -0.479 e. The van der Waals surface area contributed by atoms with E-state index in [4.69, 9.17) is 18.4 Å². The Morgan fingerprint density at radius 2 is 1.94 bits per heavy atom. The highest BCUT2D eigenvalue weighted by Gasteiger charge is 2.65. The highest BCUT2D eigenvalue weighted by molar-refractivity contribution is 6.63. The van der Waals surface area contributed by atoms with Crippen molar-refractivity contribution in [2.75, 3.05) is 0 Å². The van der Waals surface area contributed by atoms with Crippen LogP contribution in [0.2, 0.25) is 5.54 Å². The Morgan fingerprint density at radius 1 is 1.31 bits per heavy atom. The highest BCUT2D eigenvalue weighted by Crippen LogP contribution is 2.41. The zero-order chi connectivity index (χ0) is 12.1. The van der Waals surface area contributed by atoms with E-state index in [0.29, 0.717) is 0 Å². The molecule has 16 heavy (non-hydrogen) atoms. The molecule has 0 aromatic heterocycles. The molecule has 92 valence electrons. The fourth-order valence-corrected chi connectivity index (χ4v) is 4.89. The first kappa shape index (κ1) is 12.0. The van der Waals surface area contributed by atoms with Gasteiger partial charge < -0.3 is 23.5 Å². The summed E-state index contributed by atoms with van der Waals surface area (Å²) in [5.74, 6) is -1.11. The Hall–Kier alpha value is -0.473. The molecule has 0 aliphatic carbocycles. The summed E-state index contributed by atoms with van der Waals surface area (Å²) < 4.78 is 16.6. The maximum Gasteiger partial charge on any atom is 0.505 e. The van der Waals surface area contributed by atoms with Gasteiger partial charge >= 0.3 is 14.8 Å². The van der Waals surface area contributed by atoms with E-state index >= 15 is 0 Å². The van der Waals surface area contributed by atoms with Crippen molar-refractivity contribution < 1.29 is 28.3 Å². The number of aliphatic hydroxyl groups excluding tert-OH is 1. The predicted molar refractivity (Wildman–Crippen MR) is 54.8 cm³/mol. The molecule has 2 heterocycles. The van der Waals surface area contributed by atoms with E-state index in [-0.39, 0.29) is 5.54 Å². The van der Waals surface area contributed by atoms with Gasteiger partial charge in [-0.1, -0.05) is 13.8 Å². The minimum atomic E-state index is -2.93. The maximum absolute atomic E-state index is 11.0. The SMILES string of the molecule is CC1O[Si]2(C(C)C)OC(C(=O)O)C(O2)C1O.